The lowest BCUT2D eigenvalue weighted by Crippen LogP contribution is -2.13. The predicted octanol–water partition coefficient (Wildman–Crippen LogP) is 5.14. The molecule has 0 saturated carbocycles. The van der Waals surface area contributed by atoms with Crippen LogP contribution in [0.15, 0.2) is 66.7 Å². The summed E-state index contributed by atoms with van der Waals surface area (Å²) in [5.41, 5.74) is 3.41. The van der Waals surface area contributed by atoms with Gasteiger partial charge < -0.3 is 15.4 Å². The van der Waals surface area contributed by atoms with Crippen LogP contribution in [0.25, 0.3) is 0 Å². The molecule has 3 aromatic carbocycles. The lowest BCUT2D eigenvalue weighted by atomic mass is 10.2. The van der Waals surface area contributed by atoms with Gasteiger partial charge >= 0.3 is 0 Å². The summed E-state index contributed by atoms with van der Waals surface area (Å²) in [6.07, 6.45) is 0. The molecule has 2 N–H and O–H groups in total. The number of aryl methyl sites for hydroxylation is 1. The minimum absolute atomic E-state index is 0.0131. The van der Waals surface area contributed by atoms with Crippen LogP contribution < -0.4 is 15.4 Å². The van der Waals surface area contributed by atoms with E-state index in [1.54, 1.807) is 31.4 Å². The summed E-state index contributed by atoms with van der Waals surface area (Å²) in [5, 5.41) is 5.98. The molecule has 0 aliphatic carbocycles. The van der Waals surface area contributed by atoms with Crippen LogP contribution >= 0.6 is 0 Å². The summed E-state index contributed by atoms with van der Waals surface area (Å²) in [6, 6.07) is 18.9. The second-order valence-corrected chi connectivity index (χ2v) is 5.84. The van der Waals surface area contributed by atoms with E-state index >= 15 is 0 Å². The van der Waals surface area contributed by atoms with Gasteiger partial charge in [-0.25, -0.2) is 4.39 Å². The smallest absolute Gasteiger partial charge is 0.258 e. The summed E-state index contributed by atoms with van der Waals surface area (Å²) in [5.74, 6) is -0.286. The van der Waals surface area contributed by atoms with Gasteiger partial charge in [-0.3, -0.25) is 4.79 Å². The maximum Gasteiger partial charge on any atom is 0.258 e. The molecule has 0 aromatic heterocycles. The molecule has 0 bridgehead atoms. The lowest BCUT2D eigenvalue weighted by Gasteiger charge is -2.13. The highest BCUT2D eigenvalue weighted by atomic mass is 19.1. The van der Waals surface area contributed by atoms with Gasteiger partial charge in [0, 0.05) is 11.4 Å². The Labute approximate surface area is 151 Å². The van der Waals surface area contributed by atoms with Crippen LogP contribution in [0.2, 0.25) is 0 Å². The summed E-state index contributed by atoms with van der Waals surface area (Å²) in [4.78, 5) is 12.1. The average molecular weight is 350 g/mol. The van der Waals surface area contributed by atoms with Crippen LogP contribution in [0.5, 0.6) is 5.75 Å². The first-order chi connectivity index (χ1) is 12.6. The van der Waals surface area contributed by atoms with Gasteiger partial charge in [-0.2, -0.15) is 0 Å². The molecule has 0 radical (unpaired) electrons. The molecule has 1 amide bonds. The highest BCUT2D eigenvalue weighted by Crippen LogP contribution is 2.29. The molecule has 0 spiro atoms. The van der Waals surface area contributed by atoms with Gasteiger partial charge in [-0.15, -0.1) is 0 Å². The lowest BCUT2D eigenvalue weighted by molar-refractivity contribution is 0.102. The molecule has 3 rings (SSSR count). The molecular weight excluding hydrogens is 331 g/mol. The number of carbonyl (C=O) groups excluding carboxylic acids is 1. The van der Waals surface area contributed by atoms with Crippen molar-refractivity contribution in [2.45, 2.75) is 6.92 Å². The van der Waals surface area contributed by atoms with Crippen molar-refractivity contribution in [2.24, 2.45) is 0 Å². The van der Waals surface area contributed by atoms with Crippen molar-refractivity contribution in [1.82, 2.24) is 0 Å². The van der Waals surface area contributed by atoms with Crippen molar-refractivity contribution in [2.75, 3.05) is 17.7 Å². The Bertz CT molecular complexity index is 924. The number of halogens is 1. The van der Waals surface area contributed by atoms with E-state index in [0.717, 1.165) is 22.7 Å². The van der Waals surface area contributed by atoms with Gasteiger partial charge in [0.2, 0.25) is 0 Å². The second kappa shape index (κ2) is 7.70. The molecular formula is C21H19FN2O2. The number of ether oxygens (including phenoxy) is 1. The SMILES string of the molecule is COc1ccc(C)cc1Nc1ccc(NC(=O)c2ccccc2F)cc1. The number of anilines is 3. The number of rotatable bonds is 5. The summed E-state index contributed by atoms with van der Waals surface area (Å²) in [6.45, 7) is 2.01. The van der Waals surface area contributed by atoms with Gasteiger partial charge in [0.25, 0.3) is 5.91 Å². The van der Waals surface area contributed by atoms with Crippen LogP contribution in [-0.2, 0) is 0 Å². The fraction of sp³-hybridized carbons (Fsp3) is 0.0952. The Morgan fingerprint density at radius 2 is 1.65 bits per heavy atom. The minimum atomic E-state index is -0.546. The number of amides is 1. The minimum Gasteiger partial charge on any atom is -0.495 e. The topological polar surface area (TPSA) is 50.4 Å². The number of carbonyl (C=O) groups is 1. The van der Waals surface area contributed by atoms with Gasteiger partial charge in [0.15, 0.2) is 0 Å². The molecule has 0 aliphatic rings. The number of hydrogen-bond acceptors (Lipinski definition) is 3. The Balaban J connectivity index is 1.72. The Hall–Kier alpha value is -3.34. The molecule has 0 aliphatic heterocycles. The van der Waals surface area contributed by atoms with Gasteiger partial charge in [-0.1, -0.05) is 18.2 Å². The zero-order chi connectivity index (χ0) is 18.5. The zero-order valence-corrected chi connectivity index (χ0v) is 14.5. The highest BCUT2D eigenvalue weighted by molar-refractivity contribution is 6.04. The fourth-order valence-corrected chi connectivity index (χ4v) is 2.56. The van der Waals surface area contributed by atoms with Crippen LogP contribution in [0.3, 0.4) is 0 Å². The van der Waals surface area contributed by atoms with E-state index in [-0.39, 0.29) is 5.56 Å². The van der Waals surface area contributed by atoms with E-state index in [9.17, 15) is 9.18 Å². The van der Waals surface area contributed by atoms with Crippen LogP contribution in [-0.4, -0.2) is 13.0 Å². The third-order valence-corrected chi connectivity index (χ3v) is 3.90. The van der Waals surface area contributed by atoms with Crippen LogP contribution in [0.4, 0.5) is 21.5 Å². The molecule has 0 fully saturated rings. The highest BCUT2D eigenvalue weighted by Gasteiger charge is 2.11. The maximum absolute atomic E-state index is 13.7. The quantitative estimate of drug-likeness (QED) is 0.670. The van der Waals surface area contributed by atoms with E-state index in [0.29, 0.717) is 5.69 Å². The fourth-order valence-electron chi connectivity index (χ4n) is 2.56. The molecule has 132 valence electrons. The molecule has 0 heterocycles. The van der Waals surface area contributed by atoms with Gasteiger partial charge in [-0.05, 0) is 61.0 Å². The average Bonchev–Trinajstić information content (AvgIpc) is 2.64. The monoisotopic (exact) mass is 350 g/mol. The van der Waals surface area contributed by atoms with E-state index in [1.165, 1.54) is 12.1 Å². The Kier molecular flexibility index (Phi) is 5.17. The maximum atomic E-state index is 13.7. The van der Waals surface area contributed by atoms with E-state index in [2.05, 4.69) is 10.6 Å². The molecule has 0 atom stereocenters. The number of benzene rings is 3. The summed E-state index contributed by atoms with van der Waals surface area (Å²) >= 11 is 0. The Morgan fingerprint density at radius 3 is 2.35 bits per heavy atom. The van der Waals surface area contributed by atoms with Crippen molar-refractivity contribution in [3.05, 3.63) is 83.7 Å². The van der Waals surface area contributed by atoms with Gasteiger partial charge in [0.1, 0.15) is 11.6 Å². The van der Waals surface area contributed by atoms with Crippen LogP contribution in [0, 0.1) is 12.7 Å². The number of hydrogen-bond donors (Lipinski definition) is 2. The normalized spacial score (nSPS) is 10.3. The molecule has 0 saturated heterocycles. The summed E-state index contributed by atoms with van der Waals surface area (Å²) < 4.78 is 19.0. The van der Waals surface area contributed by atoms with Crippen molar-refractivity contribution >= 4 is 23.0 Å². The molecule has 5 heteroatoms. The first-order valence-electron chi connectivity index (χ1n) is 8.14. The van der Waals surface area contributed by atoms with E-state index < -0.39 is 11.7 Å². The van der Waals surface area contributed by atoms with Crippen molar-refractivity contribution < 1.29 is 13.9 Å². The summed E-state index contributed by atoms with van der Waals surface area (Å²) in [7, 11) is 1.62. The first-order valence-corrected chi connectivity index (χ1v) is 8.14. The molecule has 0 unspecified atom stereocenters. The van der Waals surface area contributed by atoms with E-state index in [4.69, 9.17) is 4.74 Å². The van der Waals surface area contributed by atoms with Crippen LogP contribution in [0.1, 0.15) is 15.9 Å². The third-order valence-electron chi connectivity index (χ3n) is 3.90. The third kappa shape index (κ3) is 4.00. The largest absolute Gasteiger partial charge is 0.495 e. The zero-order valence-electron chi connectivity index (χ0n) is 14.5. The predicted molar refractivity (Wildman–Crippen MR) is 102 cm³/mol. The van der Waals surface area contributed by atoms with Crippen molar-refractivity contribution in [3.63, 3.8) is 0 Å². The molecule has 3 aromatic rings. The van der Waals surface area contributed by atoms with Crippen molar-refractivity contribution in [3.8, 4) is 5.75 Å². The van der Waals surface area contributed by atoms with Gasteiger partial charge in [0.05, 0.1) is 18.4 Å². The standard InChI is InChI=1S/C21H19FN2O2/c1-14-7-12-20(26-2)19(13-14)23-15-8-10-16(11-9-15)24-21(25)17-5-3-4-6-18(17)22/h3-13,23H,1-2H3,(H,24,25). The second-order valence-electron chi connectivity index (χ2n) is 5.84. The number of methoxy groups -OCH3 is 1. The number of nitrogens with one attached hydrogen (secondary N) is 2. The molecule has 4 nitrogen and oxygen atoms in total. The first kappa shape index (κ1) is 17.5. The van der Waals surface area contributed by atoms with E-state index in [1.807, 2.05) is 37.3 Å². The Morgan fingerprint density at radius 1 is 0.962 bits per heavy atom. The van der Waals surface area contributed by atoms with Crippen molar-refractivity contribution in [1.29, 1.82) is 0 Å². The molecule has 26 heavy (non-hydrogen) atoms.